The molecule has 0 unspecified atom stereocenters. The van der Waals surface area contributed by atoms with Crippen LogP contribution in [-0.4, -0.2) is 157 Å². The van der Waals surface area contributed by atoms with Crippen LogP contribution < -0.4 is 76.9 Å². The van der Waals surface area contributed by atoms with Crippen molar-refractivity contribution in [1.82, 2.24) is 42.5 Å². The van der Waals surface area contributed by atoms with Crippen LogP contribution in [0.4, 0.5) is 0 Å². The highest BCUT2D eigenvalue weighted by atomic mass is 16.4. The summed E-state index contributed by atoms with van der Waals surface area (Å²) in [4.78, 5) is 121. The van der Waals surface area contributed by atoms with Crippen molar-refractivity contribution in [2.24, 2.45) is 61.2 Å². The summed E-state index contributed by atoms with van der Waals surface area (Å²) in [5.41, 5.74) is 33.1. The van der Waals surface area contributed by atoms with Gasteiger partial charge in [-0.1, -0.05) is 58.0 Å². The number of aliphatic hydroxyl groups is 1. The number of aliphatic imine (C=N–C) groups is 3. The maximum Gasteiger partial charge on any atom is 0.326 e. The molecule has 27 heteroatoms. The summed E-state index contributed by atoms with van der Waals surface area (Å²) in [5.74, 6) is -8.04. The summed E-state index contributed by atoms with van der Waals surface area (Å²) in [7, 11) is 0. The number of rotatable bonds is 33. The van der Waals surface area contributed by atoms with Gasteiger partial charge < -0.3 is 87.1 Å². The van der Waals surface area contributed by atoms with E-state index in [2.05, 4.69) is 57.5 Å². The predicted molar refractivity (Wildman–Crippen MR) is 273 cm³/mol. The zero-order valence-corrected chi connectivity index (χ0v) is 42.2. The zero-order valence-electron chi connectivity index (χ0n) is 42.2. The normalized spacial score (nSPS) is 15.9. The number of nitrogens with two attached hydrogens (primary N) is 6. The topological polar surface area (TPSA) is 466 Å². The van der Waals surface area contributed by atoms with E-state index in [-0.39, 0.29) is 94.8 Å². The third-order valence-electron chi connectivity index (χ3n) is 11.4. The van der Waals surface area contributed by atoms with Gasteiger partial charge in [0, 0.05) is 26.1 Å². The van der Waals surface area contributed by atoms with Crippen molar-refractivity contribution in [2.45, 2.75) is 140 Å². The number of carboxylic acid groups (broad SMARTS) is 1. The van der Waals surface area contributed by atoms with E-state index in [9.17, 15) is 48.6 Å². The molecule has 7 amide bonds. The molecule has 0 spiro atoms. The number of guanidine groups is 3. The van der Waals surface area contributed by atoms with E-state index >= 15 is 0 Å². The van der Waals surface area contributed by atoms with Gasteiger partial charge in [-0.2, -0.15) is 0 Å². The van der Waals surface area contributed by atoms with E-state index in [1.54, 1.807) is 58.0 Å². The lowest BCUT2D eigenvalue weighted by Crippen LogP contribution is -2.61. The van der Waals surface area contributed by atoms with Crippen molar-refractivity contribution in [3.05, 3.63) is 35.9 Å². The molecule has 408 valence electrons. The van der Waals surface area contributed by atoms with Gasteiger partial charge >= 0.3 is 5.97 Å². The van der Waals surface area contributed by atoms with Gasteiger partial charge in [0.05, 0.1) is 12.6 Å². The quantitative estimate of drug-likeness (QED) is 0.0179. The minimum absolute atomic E-state index is 0.0369. The molecule has 1 aromatic rings. The molecule has 73 heavy (non-hydrogen) atoms. The number of benzene rings is 1. The van der Waals surface area contributed by atoms with E-state index in [4.69, 9.17) is 34.4 Å². The van der Waals surface area contributed by atoms with Crippen LogP contribution in [0.1, 0.15) is 91.0 Å². The number of amides is 7. The fraction of sp³-hybridized carbons (Fsp3) is 0.630. The Hall–Kier alpha value is -7.29. The van der Waals surface area contributed by atoms with Crippen molar-refractivity contribution in [3.63, 3.8) is 0 Å². The number of carbonyl (C=O) groups is 8. The van der Waals surface area contributed by atoms with E-state index in [0.29, 0.717) is 18.5 Å². The van der Waals surface area contributed by atoms with Gasteiger partial charge in [-0.25, -0.2) is 4.79 Å². The Bertz CT molecular complexity index is 2060. The molecule has 1 saturated heterocycles. The molecule has 1 fully saturated rings. The highest BCUT2D eigenvalue weighted by Gasteiger charge is 2.36. The number of carbonyl (C=O) groups excluding carboxylic acids is 7. The fourth-order valence-electron chi connectivity index (χ4n) is 7.58. The molecule has 1 aromatic carbocycles. The summed E-state index contributed by atoms with van der Waals surface area (Å²) >= 11 is 0. The molecule has 1 heterocycles. The standard InChI is InChI=1S/C46H79N17O10/c1-25(2)22-32(40(69)63-35(26(3)4)42(71)58-30(16-10-20-55-45(49)50)37(66)59-31(43(72)73)17-11-21-56-46(51)52)60-39(68)33(23-27-12-6-5-7-13-27)61-41(70)34(24-64)62-38(67)29(15-9-19-54-44(47)48)57-36(65)28-14-8-18-53-28/h5-7,12-13,25-26,28-35,53,64H,8-11,14-24H2,1-4H3,(H,57,65)(H,58,71)(H,59,66)(H,60,68)(H,61,70)(H,62,67)(H,63,69)(H,72,73)(H4,47,48,54)(H4,49,50,55)(H4,51,52,56)/t28-,29-,30-,31-,32-,33-,34-,35-/m0/s1. The van der Waals surface area contributed by atoms with Crippen LogP contribution in [0.5, 0.6) is 0 Å². The Morgan fingerprint density at radius 1 is 0.589 bits per heavy atom. The third kappa shape index (κ3) is 24.1. The van der Waals surface area contributed by atoms with Crippen LogP contribution in [-0.2, 0) is 44.8 Å². The Balaban J connectivity index is 2.37. The molecule has 8 atom stereocenters. The number of nitrogens with zero attached hydrogens (tertiary/aromatic N) is 3. The molecule has 0 aromatic heterocycles. The summed E-state index contributed by atoms with van der Waals surface area (Å²) in [6.07, 6.45) is 1.95. The Kier molecular flexibility index (Phi) is 27.6. The minimum atomic E-state index is -1.59. The van der Waals surface area contributed by atoms with Crippen LogP contribution >= 0.6 is 0 Å². The van der Waals surface area contributed by atoms with Gasteiger partial charge in [-0.05, 0) is 81.7 Å². The second-order valence-corrected chi connectivity index (χ2v) is 18.4. The summed E-state index contributed by atoms with van der Waals surface area (Å²) in [6.45, 7) is 6.94. The molecule has 0 bridgehead atoms. The van der Waals surface area contributed by atoms with Crippen molar-refractivity contribution in [2.75, 3.05) is 32.8 Å². The molecule has 1 aliphatic rings. The maximum atomic E-state index is 14.3. The summed E-state index contributed by atoms with van der Waals surface area (Å²) < 4.78 is 0. The molecule has 0 saturated carbocycles. The lowest BCUT2D eigenvalue weighted by Gasteiger charge is -2.29. The smallest absolute Gasteiger partial charge is 0.326 e. The van der Waals surface area contributed by atoms with Crippen molar-refractivity contribution in [3.8, 4) is 0 Å². The predicted octanol–water partition coefficient (Wildman–Crippen LogP) is -4.69. The monoisotopic (exact) mass is 1030 g/mol. The molecule has 22 N–H and O–H groups in total. The van der Waals surface area contributed by atoms with Crippen molar-refractivity contribution >= 4 is 65.2 Å². The Morgan fingerprint density at radius 3 is 1.49 bits per heavy atom. The highest BCUT2D eigenvalue weighted by molar-refractivity contribution is 5.98. The first kappa shape index (κ1) is 61.8. The first-order valence-corrected chi connectivity index (χ1v) is 24.4. The lowest BCUT2D eigenvalue weighted by atomic mass is 9.98. The number of nitrogens with one attached hydrogen (secondary N) is 8. The average molecular weight is 1030 g/mol. The number of aliphatic hydroxyl groups excluding tert-OH is 1. The number of carboxylic acids is 1. The molecule has 0 aliphatic carbocycles. The minimum Gasteiger partial charge on any atom is -0.480 e. The van der Waals surface area contributed by atoms with E-state index in [0.717, 1.165) is 6.42 Å². The van der Waals surface area contributed by atoms with Gasteiger partial charge in [0.1, 0.15) is 42.3 Å². The molecule has 2 rings (SSSR count). The van der Waals surface area contributed by atoms with Gasteiger partial charge in [0.2, 0.25) is 41.4 Å². The zero-order chi connectivity index (χ0) is 54.6. The van der Waals surface area contributed by atoms with E-state index in [1.165, 1.54) is 0 Å². The van der Waals surface area contributed by atoms with Gasteiger partial charge in [0.25, 0.3) is 0 Å². The molecular weight excluding hydrogens is 951 g/mol. The summed E-state index contributed by atoms with van der Waals surface area (Å²) in [6, 6.07) is -1.28. The number of hydrogen-bond donors (Lipinski definition) is 16. The first-order chi connectivity index (χ1) is 34.5. The lowest BCUT2D eigenvalue weighted by molar-refractivity contribution is -0.142. The van der Waals surface area contributed by atoms with Crippen molar-refractivity contribution < 1.29 is 48.6 Å². The first-order valence-electron chi connectivity index (χ1n) is 24.4. The largest absolute Gasteiger partial charge is 0.480 e. The van der Waals surface area contributed by atoms with Crippen LogP contribution in [0.25, 0.3) is 0 Å². The maximum absolute atomic E-state index is 14.3. The molecule has 0 radical (unpaired) electrons. The number of aliphatic carboxylic acids is 1. The molecular formula is C46H79N17O10. The van der Waals surface area contributed by atoms with Crippen LogP contribution in [0.15, 0.2) is 45.3 Å². The Labute approximate surface area is 425 Å². The van der Waals surface area contributed by atoms with Crippen LogP contribution in [0, 0.1) is 11.8 Å². The van der Waals surface area contributed by atoms with Crippen molar-refractivity contribution in [1.29, 1.82) is 0 Å². The second-order valence-electron chi connectivity index (χ2n) is 18.4. The second kappa shape index (κ2) is 32.6. The highest BCUT2D eigenvalue weighted by Crippen LogP contribution is 2.13. The van der Waals surface area contributed by atoms with Gasteiger partial charge in [0.15, 0.2) is 17.9 Å². The molecule has 27 nitrogen and oxygen atoms in total. The van der Waals surface area contributed by atoms with Crippen LogP contribution in [0.3, 0.4) is 0 Å². The molecule has 1 aliphatic heterocycles. The SMILES string of the molecule is CC(C)C[C@H](NC(=O)[C@H](Cc1ccccc1)NC(=O)[C@H](CO)NC(=O)[C@H](CCCN=C(N)N)NC(=O)[C@@H]1CCCN1)C(=O)N[C@H](C(=O)N[C@@H](CCCN=C(N)N)C(=O)N[C@@H](CCCN=C(N)N)C(=O)O)C(C)C. The third-order valence-corrected chi connectivity index (χ3v) is 11.4. The van der Waals surface area contributed by atoms with E-state index < -0.39 is 108 Å². The van der Waals surface area contributed by atoms with E-state index in [1.807, 2.05) is 0 Å². The van der Waals surface area contributed by atoms with Gasteiger partial charge in [-0.15, -0.1) is 0 Å². The summed E-state index contributed by atoms with van der Waals surface area (Å²) in [5, 5.41) is 41.6. The average Bonchev–Trinajstić information content (AvgIpc) is 3.87. The Morgan fingerprint density at radius 2 is 1.03 bits per heavy atom. The van der Waals surface area contributed by atoms with Gasteiger partial charge in [-0.3, -0.25) is 48.5 Å². The fourth-order valence-corrected chi connectivity index (χ4v) is 7.58. The van der Waals surface area contributed by atoms with Crippen LogP contribution in [0.2, 0.25) is 0 Å². The number of hydrogen-bond acceptors (Lipinski definition) is 13.